The summed E-state index contributed by atoms with van der Waals surface area (Å²) in [6, 6.07) is 0. The van der Waals surface area contributed by atoms with Crippen LogP contribution in [0.25, 0.3) is 0 Å². The predicted octanol–water partition coefficient (Wildman–Crippen LogP) is -6.55. The third-order valence-electron chi connectivity index (χ3n) is 3.36. The summed E-state index contributed by atoms with van der Waals surface area (Å²) in [6.45, 7) is -2.32. The van der Waals surface area contributed by atoms with Crippen LogP contribution in [0.4, 0.5) is 0 Å². The molecule has 23 heavy (non-hydrogen) atoms. The van der Waals surface area contributed by atoms with Gasteiger partial charge in [-0.15, -0.1) is 0 Å². The molecule has 0 aliphatic carbocycles. The van der Waals surface area contributed by atoms with Gasteiger partial charge in [0.15, 0.2) is 0 Å². The van der Waals surface area contributed by atoms with Crippen LogP contribution in [-0.2, 0) is 0 Å². The van der Waals surface area contributed by atoms with E-state index in [0.717, 1.165) is 0 Å². The molecule has 0 aliphatic heterocycles. The molecule has 11 heteroatoms. The summed E-state index contributed by atoms with van der Waals surface area (Å²) in [6.07, 6.45) is -13.5. The van der Waals surface area contributed by atoms with E-state index in [9.17, 15) is 30.6 Å². The smallest absolute Gasteiger partial charge is 0.111 e. The van der Waals surface area contributed by atoms with Gasteiger partial charge in [0.25, 0.3) is 0 Å². The van der Waals surface area contributed by atoms with E-state index in [-0.39, 0.29) is 13.1 Å². The number of hydrogen-bond donors (Lipinski definition) is 11. The average Bonchev–Trinajstić information content (AvgIpc) is 2.56. The van der Waals surface area contributed by atoms with Gasteiger partial charge in [0.1, 0.15) is 36.6 Å². The Bertz CT molecular complexity index is 282. The third kappa shape index (κ3) is 7.32. The van der Waals surface area contributed by atoms with Crippen LogP contribution >= 0.6 is 0 Å². The monoisotopic (exact) mass is 345 g/mol. The van der Waals surface area contributed by atoms with Crippen LogP contribution in [0.5, 0.6) is 0 Å². The fraction of sp³-hybridized carbons (Fsp3) is 1.00. The zero-order valence-corrected chi connectivity index (χ0v) is 12.4. The highest BCUT2D eigenvalue weighted by Gasteiger charge is 2.31. The Hall–Kier alpha value is -0.440. The molecule has 8 atom stereocenters. The Morgan fingerprint density at radius 2 is 0.739 bits per heavy atom. The van der Waals surface area contributed by atoms with Gasteiger partial charge < -0.3 is 56.4 Å². The Morgan fingerprint density at radius 3 is 1.00 bits per heavy atom. The van der Waals surface area contributed by atoms with Gasteiger partial charge in [-0.3, -0.25) is 0 Å². The zero-order valence-electron chi connectivity index (χ0n) is 12.4. The minimum absolute atomic E-state index is 0.348. The molecule has 0 radical (unpaired) electrons. The predicted molar refractivity (Wildman–Crippen MR) is 75.1 cm³/mol. The third-order valence-corrected chi connectivity index (χ3v) is 3.36. The molecule has 140 valence electrons. The largest absolute Gasteiger partial charge is 0.394 e. The van der Waals surface area contributed by atoms with Gasteiger partial charge in [-0.25, -0.2) is 0 Å². The van der Waals surface area contributed by atoms with Crippen LogP contribution in [0.2, 0.25) is 0 Å². The van der Waals surface area contributed by atoms with E-state index in [4.69, 9.17) is 20.4 Å². The van der Waals surface area contributed by atoms with Crippen molar-refractivity contribution in [3.05, 3.63) is 0 Å². The lowest BCUT2D eigenvalue weighted by Gasteiger charge is -2.28. The molecule has 0 aromatic rings. The Morgan fingerprint density at radius 1 is 0.478 bits per heavy atom. The topological polar surface area (TPSA) is 214 Å². The number of hydrogen-bond acceptors (Lipinski definition) is 11. The summed E-state index contributed by atoms with van der Waals surface area (Å²) >= 11 is 0. The Balaban J connectivity index is 4.22. The second-order valence-corrected chi connectivity index (χ2v) is 5.26. The first-order valence-corrected chi connectivity index (χ1v) is 7.04. The highest BCUT2D eigenvalue weighted by molar-refractivity contribution is 4.84. The molecule has 0 aromatic heterocycles. The van der Waals surface area contributed by atoms with Crippen LogP contribution in [0.1, 0.15) is 0 Å². The van der Waals surface area contributed by atoms with Crippen LogP contribution in [-0.4, -0.2) is 126 Å². The molecule has 0 unspecified atom stereocenters. The molecule has 0 rings (SSSR count). The van der Waals surface area contributed by atoms with Gasteiger partial charge >= 0.3 is 0 Å². The molecule has 11 nitrogen and oxygen atoms in total. The van der Waals surface area contributed by atoms with Gasteiger partial charge in [-0.1, -0.05) is 0 Å². The maximum Gasteiger partial charge on any atom is 0.111 e. The number of nitrogens with one attached hydrogen (secondary N) is 1. The molecule has 0 saturated heterocycles. The second kappa shape index (κ2) is 11.2. The molecule has 0 heterocycles. The van der Waals surface area contributed by atoms with E-state index in [0.29, 0.717) is 0 Å². The minimum atomic E-state index is -1.78. The van der Waals surface area contributed by atoms with Gasteiger partial charge in [0.2, 0.25) is 0 Å². The van der Waals surface area contributed by atoms with E-state index < -0.39 is 62.0 Å². The normalized spacial score (nSPS) is 22.7. The van der Waals surface area contributed by atoms with Crippen molar-refractivity contribution >= 4 is 0 Å². The maximum absolute atomic E-state index is 9.59. The molecule has 0 fully saturated rings. The summed E-state index contributed by atoms with van der Waals surface area (Å²) in [5, 5.41) is 95.0. The first-order chi connectivity index (χ1) is 10.7. The lowest BCUT2D eigenvalue weighted by molar-refractivity contribution is -0.119. The number of rotatable bonds is 12. The van der Waals surface area contributed by atoms with Crippen molar-refractivity contribution < 1.29 is 51.1 Å². The van der Waals surface area contributed by atoms with Crippen molar-refractivity contribution in [2.45, 2.75) is 48.8 Å². The molecular weight excluding hydrogens is 318 g/mol. The fourth-order valence-electron chi connectivity index (χ4n) is 1.75. The summed E-state index contributed by atoms with van der Waals surface area (Å²) in [5.74, 6) is 0. The highest BCUT2D eigenvalue weighted by Crippen LogP contribution is 2.06. The fourth-order valence-corrected chi connectivity index (χ4v) is 1.75. The van der Waals surface area contributed by atoms with E-state index in [1.165, 1.54) is 0 Å². The second-order valence-electron chi connectivity index (χ2n) is 5.26. The van der Waals surface area contributed by atoms with Crippen molar-refractivity contribution in [3.63, 3.8) is 0 Å². The summed E-state index contributed by atoms with van der Waals surface area (Å²) in [5.41, 5.74) is 0. The van der Waals surface area contributed by atoms with Crippen molar-refractivity contribution in [2.24, 2.45) is 0 Å². The molecule has 0 amide bonds. The lowest BCUT2D eigenvalue weighted by atomic mass is 10.0. The molecular formula is C12H27NO10. The molecule has 0 saturated carbocycles. The SMILES string of the molecule is OC[C@@H](O)[C@@H](O)[C@H](O)[C@@H](O)CNC[C@H](O)[C@@H](O)[C@H](O)[C@H](O)CO. The number of aliphatic hydroxyl groups excluding tert-OH is 10. The first kappa shape index (κ1) is 22.6. The summed E-state index contributed by atoms with van der Waals surface area (Å²) < 4.78 is 0. The van der Waals surface area contributed by atoms with Crippen molar-refractivity contribution in [2.75, 3.05) is 26.3 Å². The molecule has 0 aromatic carbocycles. The molecule has 0 aliphatic rings. The summed E-state index contributed by atoms with van der Waals surface area (Å²) in [7, 11) is 0. The van der Waals surface area contributed by atoms with Crippen molar-refractivity contribution in [3.8, 4) is 0 Å². The quantitative estimate of drug-likeness (QED) is 0.160. The van der Waals surface area contributed by atoms with E-state index >= 15 is 0 Å². The zero-order chi connectivity index (χ0) is 18.2. The van der Waals surface area contributed by atoms with Crippen molar-refractivity contribution in [1.82, 2.24) is 5.32 Å². The molecule has 0 spiro atoms. The van der Waals surface area contributed by atoms with Crippen molar-refractivity contribution in [1.29, 1.82) is 0 Å². The highest BCUT2D eigenvalue weighted by atomic mass is 16.4. The Kier molecular flexibility index (Phi) is 11.0. The summed E-state index contributed by atoms with van der Waals surface area (Å²) in [4.78, 5) is 0. The van der Waals surface area contributed by atoms with E-state index in [2.05, 4.69) is 5.32 Å². The van der Waals surface area contributed by atoms with Gasteiger partial charge in [0.05, 0.1) is 25.4 Å². The van der Waals surface area contributed by atoms with Gasteiger partial charge in [-0.2, -0.15) is 0 Å². The maximum atomic E-state index is 9.59. The van der Waals surface area contributed by atoms with E-state index in [1.807, 2.05) is 0 Å². The van der Waals surface area contributed by atoms with Crippen LogP contribution in [0.15, 0.2) is 0 Å². The number of aliphatic hydroxyl groups is 10. The first-order valence-electron chi connectivity index (χ1n) is 7.04. The van der Waals surface area contributed by atoms with Gasteiger partial charge in [-0.05, 0) is 0 Å². The standard InChI is InChI=1S/C12H27NO10/c14-3-7(18)11(22)9(20)5(16)1-13-2-6(17)10(21)12(23)8(19)4-15/h5-23H,1-4H2/t5-,6-,7+,8+,9+,10+,11+,12+/m0/s1. The molecule has 0 bridgehead atoms. The van der Waals surface area contributed by atoms with Crippen LogP contribution in [0.3, 0.4) is 0 Å². The molecule has 11 N–H and O–H groups in total. The average molecular weight is 345 g/mol. The lowest BCUT2D eigenvalue weighted by Crippen LogP contribution is -2.52. The van der Waals surface area contributed by atoms with Gasteiger partial charge in [0, 0.05) is 13.1 Å². The Labute approximate surface area is 132 Å². The van der Waals surface area contributed by atoms with Crippen LogP contribution < -0.4 is 5.32 Å². The minimum Gasteiger partial charge on any atom is -0.394 e. The van der Waals surface area contributed by atoms with Crippen LogP contribution in [0, 0.1) is 0 Å². The van der Waals surface area contributed by atoms with E-state index in [1.54, 1.807) is 0 Å².